The molecule has 0 atom stereocenters. The van der Waals surface area contributed by atoms with Crippen LogP contribution >= 0.6 is 0 Å². The molecule has 0 bridgehead atoms. The second-order valence-electron chi connectivity index (χ2n) is 2.62. The number of aryl methyl sites for hydroxylation is 1. The van der Waals surface area contributed by atoms with Crippen molar-refractivity contribution in [3.8, 4) is 5.75 Å². The zero-order valence-electron chi connectivity index (χ0n) is 6.43. The van der Waals surface area contributed by atoms with Crippen LogP contribution in [0.3, 0.4) is 0 Å². The number of hydrogen-bond acceptors (Lipinski definition) is 2. The van der Waals surface area contributed by atoms with E-state index in [0.29, 0.717) is 11.3 Å². The van der Waals surface area contributed by atoms with Gasteiger partial charge in [0.15, 0.2) is 11.6 Å². The second kappa shape index (κ2) is 2.20. The smallest absolute Gasteiger partial charge is 0.192 e. The first-order valence-electron chi connectivity index (χ1n) is 3.52. The molecule has 2 rings (SSSR count). The molecule has 1 aromatic heterocycles. The molecule has 1 heterocycles. The molecule has 1 aromatic carbocycles. The quantitative estimate of drug-likeness (QED) is 0.626. The zero-order valence-corrected chi connectivity index (χ0v) is 6.43. The fourth-order valence-electron chi connectivity index (χ4n) is 1.15. The molecule has 12 heavy (non-hydrogen) atoms. The van der Waals surface area contributed by atoms with Crippen LogP contribution in [-0.2, 0) is 0 Å². The van der Waals surface area contributed by atoms with Crippen LogP contribution in [-0.4, -0.2) is 15.1 Å². The summed E-state index contributed by atoms with van der Waals surface area (Å²) < 4.78 is 13.1. The highest BCUT2D eigenvalue weighted by molar-refractivity contribution is 5.77. The molecule has 2 aromatic rings. The van der Waals surface area contributed by atoms with E-state index in [9.17, 15) is 4.39 Å². The van der Waals surface area contributed by atoms with E-state index >= 15 is 0 Å². The van der Waals surface area contributed by atoms with E-state index in [1.54, 1.807) is 13.0 Å². The first-order chi connectivity index (χ1) is 5.68. The molecular weight excluding hydrogens is 159 g/mol. The van der Waals surface area contributed by atoms with Gasteiger partial charge in [-0.05, 0) is 19.1 Å². The summed E-state index contributed by atoms with van der Waals surface area (Å²) in [6, 6.07) is 2.89. The van der Waals surface area contributed by atoms with Crippen molar-refractivity contribution in [1.29, 1.82) is 0 Å². The van der Waals surface area contributed by atoms with Crippen LogP contribution in [0, 0.1) is 12.7 Å². The van der Waals surface area contributed by atoms with Crippen LogP contribution in [0.5, 0.6) is 5.75 Å². The van der Waals surface area contributed by atoms with Gasteiger partial charge in [-0.25, -0.2) is 9.37 Å². The number of aromatic nitrogens is 2. The van der Waals surface area contributed by atoms with Gasteiger partial charge in [-0.15, -0.1) is 0 Å². The lowest BCUT2D eigenvalue weighted by Crippen LogP contribution is -1.78. The van der Waals surface area contributed by atoms with Crippen molar-refractivity contribution in [3.05, 3.63) is 23.8 Å². The molecule has 0 radical (unpaired) electrons. The summed E-state index contributed by atoms with van der Waals surface area (Å²) in [5.41, 5.74) is 0.787. The largest absolute Gasteiger partial charge is 0.505 e. The molecule has 0 aliphatic heterocycles. The Morgan fingerprint density at radius 3 is 3.00 bits per heavy atom. The monoisotopic (exact) mass is 166 g/mol. The number of fused-ring (bicyclic) bond motifs is 1. The van der Waals surface area contributed by atoms with Gasteiger partial charge in [-0.3, -0.25) is 0 Å². The van der Waals surface area contributed by atoms with E-state index < -0.39 is 5.82 Å². The summed E-state index contributed by atoms with van der Waals surface area (Å²) in [7, 11) is 0. The standard InChI is InChI=1S/C8H7FN2O/c1-4-10-5-2-3-6(12)7(9)8(5)11-4/h2-3,12H,1H3,(H,10,11). The molecule has 0 unspecified atom stereocenters. The zero-order chi connectivity index (χ0) is 8.72. The third kappa shape index (κ3) is 0.845. The molecule has 0 saturated heterocycles. The Bertz CT molecular complexity index is 436. The maximum atomic E-state index is 13.1. The summed E-state index contributed by atoms with van der Waals surface area (Å²) in [6.07, 6.45) is 0. The SMILES string of the molecule is Cc1nc2c(F)c(O)ccc2[nH]1. The van der Waals surface area contributed by atoms with Gasteiger partial charge in [-0.1, -0.05) is 0 Å². The third-order valence-corrected chi connectivity index (χ3v) is 1.69. The fraction of sp³-hybridized carbons (Fsp3) is 0.125. The predicted molar refractivity (Wildman–Crippen MR) is 42.5 cm³/mol. The number of hydrogen-bond donors (Lipinski definition) is 2. The average molecular weight is 166 g/mol. The lowest BCUT2D eigenvalue weighted by atomic mass is 10.3. The van der Waals surface area contributed by atoms with Crippen LogP contribution in [0.15, 0.2) is 12.1 Å². The highest BCUT2D eigenvalue weighted by Gasteiger charge is 2.08. The summed E-state index contributed by atoms with van der Waals surface area (Å²) in [5, 5.41) is 9.00. The number of phenolic OH excluding ortho intramolecular Hbond substituents is 1. The highest BCUT2D eigenvalue weighted by atomic mass is 19.1. The summed E-state index contributed by atoms with van der Waals surface area (Å²) in [5.74, 6) is -0.402. The van der Waals surface area contributed by atoms with E-state index in [-0.39, 0.29) is 11.3 Å². The van der Waals surface area contributed by atoms with E-state index in [1.165, 1.54) is 6.07 Å². The summed E-state index contributed by atoms with van der Waals surface area (Å²) >= 11 is 0. The first-order valence-corrected chi connectivity index (χ1v) is 3.52. The number of nitrogens with zero attached hydrogens (tertiary/aromatic N) is 1. The minimum atomic E-state index is -0.670. The topological polar surface area (TPSA) is 48.9 Å². The molecule has 0 fully saturated rings. The number of benzene rings is 1. The molecule has 4 heteroatoms. The summed E-state index contributed by atoms with van der Waals surface area (Å²) in [4.78, 5) is 6.75. The minimum Gasteiger partial charge on any atom is -0.505 e. The maximum absolute atomic E-state index is 13.1. The first kappa shape index (κ1) is 7.09. The normalized spacial score (nSPS) is 10.8. The van der Waals surface area contributed by atoms with E-state index in [4.69, 9.17) is 5.11 Å². The molecule has 3 nitrogen and oxygen atoms in total. The number of imidazole rings is 1. The number of aromatic hydroxyl groups is 1. The molecule has 0 amide bonds. The van der Waals surface area contributed by atoms with Crippen molar-refractivity contribution in [2.45, 2.75) is 6.92 Å². The van der Waals surface area contributed by atoms with Crippen molar-refractivity contribution in [3.63, 3.8) is 0 Å². The molecule has 0 aliphatic carbocycles. The van der Waals surface area contributed by atoms with Crippen LogP contribution in [0.25, 0.3) is 11.0 Å². The summed E-state index contributed by atoms with van der Waals surface area (Å²) in [6.45, 7) is 1.73. The fourth-order valence-corrected chi connectivity index (χ4v) is 1.15. The molecule has 62 valence electrons. The van der Waals surface area contributed by atoms with Gasteiger partial charge in [0.05, 0.1) is 5.52 Å². The van der Waals surface area contributed by atoms with Crippen LogP contribution in [0.2, 0.25) is 0 Å². The Labute approximate surface area is 67.9 Å². The van der Waals surface area contributed by atoms with Crippen LogP contribution < -0.4 is 0 Å². The molecular formula is C8H7FN2O. The molecule has 0 spiro atoms. The van der Waals surface area contributed by atoms with Crippen molar-refractivity contribution >= 4 is 11.0 Å². The molecule has 2 N–H and O–H groups in total. The average Bonchev–Trinajstić information content (AvgIpc) is 2.39. The van der Waals surface area contributed by atoms with E-state index in [0.717, 1.165) is 0 Å². The van der Waals surface area contributed by atoms with Gasteiger partial charge in [0, 0.05) is 0 Å². The molecule has 0 aliphatic rings. The predicted octanol–water partition coefficient (Wildman–Crippen LogP) is 1.72. The number of phenols is 1. The van der Waals surface area contributed by atoms with E-state index in [1.807, 2.05) is 0 Å². The lowest BCUT2D eigenvalue weighted by molar-refractivity contribution is 0.435. The van der Waals surface area contributed by atoms with Crippen LogP contribution in [0.1, 0.15) is 5.82 Å². The number of rotatable bonds is 0. The van der Waals surface area contributed by atoms with Crippen molar-refractivity contribution < 1.29 is 9.50 Å². The second-order valence-corrected chi connectivity index (χ2v) is 2.62. The van der Waals surface area contributed by atoms with Crippen molar-refractivity contribution in [1.82, 2.24) is 9.97 Å². The van der Waals surface area contributed by atoms with Gasteiger partial charge < -0.3 is 10.1 Å². The Balaban J connectivity index is 2.89. The van der Waals surface area contributed by atoms with Gasteiger partial charge in [-0.2, -0.15) is 0 Å². The van der Waals surface area contributed by atoms with E-state index in [2.05, 4.69) is 9.97 Å². The Morgan fingerprint density at radius 1 is 1.50 bits per heavy atom. The van der Waals surface area contributed by atoms with Crippen molar-refractivity contribution in [2.75, 3.05) is 0 Å². The molecule has 0 saturated carbocycles. The Hall–Kier alpha value is -1.58. The van der Waals surface area contributed by atoms with Crippen LogP contribution in [0.4, 0.5) is 4.39 Å². The van der Waals surface area contributed by atoms with Gasteiger partial charge in [0.1, 0.15) is 11.3 Å². The van der Waals surface area contributed by atoms with Gasteiger partial charge in [0.25, 0.3) is 0 Å². The number of halogens is 1. The highest BCUT2D eigenvalue weighted by Crippen LogP contribution is 2.22. The van der Waals surface area contributed by atoms with Crippen molar-refractivity contribution in [2.24, 2.45) is 0 Å². The van der Waals surface area contributed by atoms with Gasteiger partial charge >= 0.3 is 0 Å². The number of aromatic amines is 1. The Kier molecular flexibility index (Phi) is 1.30. The minimum absolute atomic E-state index is 0.188. The number of nitrogens with one attached hydrogen (secondary N) is 1. The third-order valence-electron chi connectivity index (χ3n) is 1.69. The Morgan fingerprint density at radius 2 is 2.25 bits per heavy atom. The maximum Gasteiger partial charge on any atom is 0.192 e. The number of H-pyrrole nitrogens is 1. The van der Waals surface area contributed by atoms with Gasteiger partial charge in [0.2, 0.25) is 0 Å². The lowest BCUT2D eigenvalue weighted by Gasteiger charge is -1.93.